The Labute approximate surface area is 172 Å². The second-order valence-corrected chi connectivity index (χ2v) is 6.04. The molecule has 0 bridgehead atoms. The number of halogens is 4. The number of pyridine rings is 1. The number of rotatable bonds is 5. The largest absolute Gasteiger partial charge is 0.433 e. The fraction of sp³-hybridized carbons (Fsp3) is 0.125. The number of nitrogens with one attached hydrogen (secondary N) is 4. The Bertz CT molecular complexity index is 1000. The molecule has 1 aromatic heterocycles. The van der Waals surface area contributed by atoms with Crippen molar-refractivity contribution in [3.8, 4) is 5.75 Å². The molecule has 30 heavy (non-hydrogen) atoms. The van der Waals surface area contributed by atoms with Gasteiger partial charge in [0.15, 0.2) is 5.75 Å². The molecule has 158 valence electrons. The Kier molecular flexibility index (Phi) is 6.23. The normalized spacial score (nSPS) is 13.0. The molecule has 10 nitrogen and oxygen atoms in total. The van der Waals surface area contributed by atoms with Gasteiger partial charge in [0.2, 0.25) is 5.96 Å². The number of aromatic nitrogens is 1. The average Bonchev–Trinajstić information content (AvgIpc) is 3.09. The number of hydrogen-bond acceptors (Lipinski definition) is 8. The topological polar surface area (TPSA) is 120 Å². The number of carbonyl (C=O) groups excluding carboxylic acids is 2. The third-order valence-electron chi connectivity index (χ3n) is 3.69. The molecule has 0 saturated heterocycles. The molecule has 1 aliphatic heterocycles. The van der Waals surface area contributed by atoms with Crippen LogP contribution < -0.4 is 26.4 Å². The number of nitrogens with zero attached hydrogens (tertiary/aromatic N) is 3. The summed E-state index contributed by atoms with van der Waals surface area (Å²) < 4.78 is 42.9. The zero-order valence-corrected chi connectivity index (χ0v) is 15.8. The van der Waals surface area contributed by atoms with Gasteiger partial charge in [-0.3, -0.25) is 19.9 Å². The number of ether oxygens (including phenoxy) is 1. The lowest BCUT2D eigenvalue weighted by Crippen LogP contribution is -2.45. The van der Waals surface area contributed by atoms with Gasteiger partial charge in [-0.1, -0.05) is 11.6 Å². The quantitative estimate of drug-likeness (QED) is 0.555. The summed E-state index contributed by atoms with van der Waals surface area (Å²) in [5.74, 6) is -2.68. The molecular formula is C16H13ClF3N7O3. The third kappa shape index (κ3) is 4.69. The molecule has 2 aromatic rings. The minimum Gasteiger partial charge on any atom is -0.433 e. The number of benzene rings is 1. The van der Waals surface area contributed by atoms with Crippen molar-refractivity contribution in [1.82, 2.24) is 26.4 Å². The van der Waals surface area contributed by atoms with Crippen LogP contribution in [-0.4, -0.2) is 41.4 Å². The van der Waals surface area contributed by atoms with E-state index in [0.717, 1.165) is 30.5 Å². The fourth-order valence-electron chi connectivity index (χ4n) is 2.29. The van der Waals surface area contributed by atoms with Crippen molar-refractivity contribution in [3.05, 3.63) is 52.6 Å². The van der Waals surface area contributed by atoms with Gasteiger partial charge in [0.1, 0.15) is 17.2 Å². The maximum atomic E-state index is 13.0. The Morgan fingerprint density at radius 2 is 1.97 bits per heavy atom. The van der Waals surface area contributed by atoms with Crippen LogP contribution in [0, 0.1) is 5.82 Å². The summed E-state index contributed by atoms with van der Waals surface area (Å²) in [5.41, 5.74) is 4.20. The summed E-state index contributed by atoms with van der Waals surface area (Å²) in [6.07, 6.45) is 0.803. The van der Waals surface area contributed by atoms with Crippen LogP contribution in [0.2, 0.25) is 5.02 Å². The van der Waals surface area contributed by atoms with E-state index in [2.05, 4.69) is 36.5 Å². The van der Waals surface area contributed by atoms with Crippen LogP contribution >= 0.6 is 11.6 Å². The Balaban J connectivity index is 1.92. The Morgan fingerprint density at radius 3 is 2.57 bits per heavy atom. The van der Waals surface area contributed by atoms with Crippen molar-refractivity contribution in [2.24, 2.45) is 5.10 Å². The van der Waals surface area contributed by atoms with E-state index in [1.165, 1.54) is 5.01 Å². The van der Waals surface area contributed by atoms with Gasteiger partial charge in [0.25, 0.3) is 11.8 Å². The predicted molar refractivity (Wildman–Crippen MR) is 99.2 cm³/mol. The average molecular weight is 444 g/mol. The van der Waals surface area contributed by atoms with Gasteiger partial charge < -0.3 is 10.1 Å². The van der Waals surface area contributed by atoms with Crippen molar-refractivity contribution in [2.75, 3.05) is 12.4 Å². The lowest BCUT2D eigenvalue weighted by Gasteiger charge is -2.17. The van der Waals surface area contributed by atoms with E-state index < -0.39 is 35.7 Å². The molecule has 0 fully saturated rings. The standard InChI is InChI=1S/C16H13ClF3N7O3/c1-27-16(24-25-26-27)23-13(28)8-3-5-10(30-15(19)20)12(11(8)17)22-14(29)9-4-2-7(18)6-21-9/h2-6,15,25-26H,1H3,(H,22,29)(H,23,24,28). The maximum Gasteiger partial charge on any atom is 0.387 e. The maximum absolute atomic E-state index is 13.0. The number of guanidine groups is 1. The number of hydrogen-bond donors (Lipinski definition) is 4. The molecule has 0 saturated carbocycles. The molecular weight excluding hydrogens is 431 g/mol. The first-order valence-corrected chi connectivity index (χ1v) is 8.47. The van der Waals surface area contributed by atoms with Crippen LogP contribution in [0.1, 0.15) is 20.8 Å². The van der Waals surface area contributed by atoms with Crippen LogP contribution in [0.5, 0.6) is 5.75 Å². The summed E-state index contributed by atoms with van der Waals surface area (Å²) in [4.78, 5) is 28.5. The van der Waals surface area contributed by atoms with Crippen molar-refractivity contribution >= 4 is 35.1 Å². The highest BCUT2D eigenvalue weighted by Crippen LogP contribution is 2.36. The Hall–Kier alpha value is -3.58. The van der Waals surface area contributed by atoms with E-state index >= 15 is 0 Å². The first-order valence-electron chi connectivity index (χ1n) is 8.10. The summed E-state index contributed by atoms with van der Waals surface area (Å²) >= 11 is 6.21. The molecule has 2 heterocycles. The highest BCUT2D eigenvalue weighted by atomic mass is 35.5. The van der Waals surface area contributed by atoms with Crippen LogP contribution in [0.3, 0.4) is 0 Å². The Morgan fingerprint density at radius 1 is 1.20 bits per heavy atom. The van der Waals surface area contributed by atoms with Gasteiger partial charge >= 0.3 is 6.61 Å². The number of alkyl halides is 2. The molecule has 0 aliphatic carbocycles. The van der Waals surface area contributed by atoms with E-state index in [9.17, 15) is 22.8 Å². The number of carbonyl (C=O) groups is 2. The minimum atomic E-state index is -3.22. The highest BCUT2D eigenvalue weighted by molar-refractivity contribution is 6.37. The molecule has 0 spiro atoms. The van der Waals surface area contributed by atoms with Crippen molar-refractivity contribution in [3.63, 3.8) is 0 Å². The second-order valence-electron chi connectivity index (χ2n) is 5.67. The monoisotopic (exact) mass is 443 g/mol. The molecule has 0 atom stereocenters. The third-order valence-corrected chi connectivity index (χ3v) is 4.08. The lowest BCUT2D eigenvalue weighted by atomic mass is 10.1. The zero-order valence-electron chi connectivity index (χ0n) is 15.0. The summed E-state index contributed by atoms with van der Waals surface area (Å²) in [6, 6.07) is 4.25. The predicted octanol–water partition coefficient (Wildman–Crippen LogP) is 1.68. The molecule has 1 aromatic carbocycles. The van der Waals surface area contributed by atoms with Crippen molar-refractivity contribution in [2.45, 2.75) is 6.61 Å². The number of hydrazone groups is 1. The van der Waals surface area contributed by atoms with E-state index in [-0.39, 0.29) is 22.2 Å². The van der Waals surface area contributed by atoms with E-state index in [1.54, 1.807) is 7.05 Å². The van der Waals surface area contributed by atoms with Crippen LogP contribution in [0.25, 0.3) is 0 Å². The van der Waals surface area contributed by atoms with Crippen molar-refractivity contribution in [1.29, 1.82) is 0 Å². The van der Waals surface area contributed by atoms with Gasteiger partial charge in [-0.05, 0) is 24.3 Å². The lowest BCUT2D eigenvalue weighted by molar-refractivity contribution is -0.0493. The summed E-state index contributed by atoms with van der Waals surface area (Å²) in [5, 5.41) is 9.43. The molecule has 2 amide bonds. The molecule has 14 heteroatoms. The number of hydrazine groups is 2. The molecule has 3 rings (SSSR count). The SMILES string of the molecule is CN1NNN=C1NC(=O)c1ccc(OC(F)F)c(NC(=O)c2ccc(F)cn2)c1Cl. The number of anilines is 1. The second kappa shape index (κ2) is 8.84. The first-order chi connectivity index (χ1) is 14.3. The van der Waals surface area contributed by atoms with Crippen LogP contribution in [0.4, 0.5) is 18.9 Å². The van der Waals surface area contributed by atoms with E-state index in [4.69, 9.17) is 11.6 Å². The molecule has 0 radical (unpaired) electrons. The van der Waals surface area contributed by atoms with Gasteiger partial charge in [-0.15, -0.1) is 10.6 Å². The zero-order chi connectivity index (χ0) is 21.8. The van der Waals surface area contributed by atoms with E-state index in [0.29, 0.717) is 0 Å². The van der Waals surface area contributed by atoms with Crippen LogP contribution in [0.15, 0.2) is 35.6 Å². The molecule has 4 N–H and O–H groups in total. The minimum absolute atomic E-state index is 0.102. The van der Waals surface area contributed by atoms with Gasteiger partial charge in [0.05, 0.1) is 16.8 Å². The van der Waals surface area contributed by atoms with Gasteiger partial charge in [-0.25, -0.2) is 14.9 Å². The first kappa shape index (κ1) is 21.1. The molecule has 0 unspecified atom stereocenters. The van der Waals surface area contributed by atoms with Crippen LogP contribution in [-0.2, 0) is 0 Å². The summed E-state index contributed by atoms with van der Waals surface area (Å²) in [7, 11) is 1.56. The van der Waals surface area contributed by atoms with E-state index in [1.807, 2.05) is 0 Å². The molecule has 1 aliphatic rings. The smallest absolute Gasteiger partial charge is 0.387 e. The van der Waals surface area contributed by atoms with Crippen molar-refractivity contribution < 1.29 is 27.5 Å². The van der Waals surface area contributed by atoms with Gasteiger partial charge in [0, 0.05) is 7.05 Å². The highest BCUT2D eigenvalue weighted by Gasteiger charge is 2.24. The fourth-order valence-corrected chi connectivity index (χ4v) is 2.58. The number of amides is 2. The van der Waals surface area contributed by atoms with Gasteiger partial charge in [-0.2, -0.15) is 8.78 Å². The summed E-state index contributed by atoms with van der Waals surface area (Å²) in [6.45, 7) is -3.22.